The number of anilines is 1. The Morgan fingerprint density at radius 2 is 2.05 bits per heavy atom. The van der Waals surface area contributed by atoms with Crippen LogP contribution in [0.5, 0.6) is 11.5 Å². The summed E-state index contributed by atoms with van der Waals surface area (Å²) in [5.74, 6) is 1.99. The highest BCUT2D eigenvalue weighted by molar-refractivity contribution is 5.43. The van der Waals surface area contributed by atoms with E-state index in [1.165, 1.54) is 0 Å². The molecule has 0 amide bonds. The van der Waals surface area contributed by atoms with Crippen molar-refractivity contribution in [3.05, 3.63) is 29.7 Å². The van der Waals surface area contributed by atoms with Gasteiger partial charge in [-0.25, -0.2) is 0 Å². The number of hydrogen-bond donors (Lipinski definition) is 2. The molecule has 21 heavy (non-hydrogen) atoms. The summed E-state index contributed by atoms with van der Waals surface area (Å²) in [7, 11) is 3.45. The van der Waals surface area contributed by atoms with Gasteiger partial charge < -0.3 is 24.5 Å². The maximum atomic E-state index is 5.54. The van der Waals surface area contributed by atoms with Crippen LogP contribution in [0.2, 0.25) is 0 Å². The molecule has 2 N–H and O–H groups in total. The van der Waals surface area contributed by atoms with Crippen molar-refractivity contribution < 1.29 is 13.9 Å². The molecule has 7 heteroatoms. The van der Waals surface area contributed by atoms with Gasteiger partial charge in [-0.3, -0.25) is 0 Å². The van der Waals surface area contributed by atoms with E-state index in [4.69, 9.17) is 13.9 Å². The van der Waals surface area contributed by atoms with E-state index >= 15 is 0 Å². The van der Waals surface area contributed by atoms with Gasteiger partial charge in [0.2, 0.25) is 5.89 Å². The lowest BCUT2D eigenvalue weighted by atomic mass is 10.2. The number of aromatic nitrogens is 2. The summed E-state index contributed by atoms with van der Waals surface area (Å²) in [5, 5.41) is 13.9. The molecular weight excluding hydrogens is 272 g/mol. The summed E-state index contributed by atoms with van der Waals surface area (Å²) in [6.45, 7) is 3.63. The van der Waals surface area contributed by atoms with E-state index in [2.05, 4.69) is 20.8 Å². The standard InChI is InChI=1S/C14H20N4O3/c1-4-20-12-7-10(5-6-11(12)19-3)8-16-14-18-17-13(21-14)9-15-2/h5-7,15H,4,8-9H2,1-3H3,(H,16,18). The van der Waals surface area contributed by atoms with Crippen LogP contribution in [0.1, 0.15) is 18.4 Å². The van der Waals surface area contributed by atoms with Crippen molar-refractivity contribution >= 4 is 6.01 Å². The predicted octanol–water partition coefficient (Wildman–Crippen LogP) is 1.81. The number of benzene rings is 1. The Labute approximate surface area is 123 Å². The van der Waals surface area contributed by atoms with Gasteiger partial charge in [0.25, 0.3) is 0 Å². The molecule has 0 fully saturated rings. The van der Waals surface area contributed by atoms with E-state index in [1.54, 1.807) is 7.11 Å². The maximum absolute atomic E-state index is 5.54. The lowest BCUT2D eigenvalue weighted by molar-refractivity contribution is 0.310. The lowest BCUT2D eigenvalue weighted by Crippen LogP contribution is -2.04. The first kappa shape index (κ1) is 15.1. The molecule has 0 bridgehead atoms. The molecule has 1 heterocycles. The second-order valence-corrected chi connectivity index (χ2v) is 4.30. The zero-order chi connectivity index (χ0) is 15.1. The first-order valence-electron chi connectivity index (χ1n) is 6.77. The molecule has 0 saturated heterocycles. The molecule has 0 aliphatic rings. The monoisotopic (exact) mass is 292 g/mol. The summed E-state index contributed by atoms with van der Waals surface area (Å²) in [6.07, 6.45) is 0. The molecule has 0 unspecified atom stereocenters. The third kappa shape index (κ3) is 4.09. The smallest absolute Gasteiger partial charge is 0.315 e. The summed E-state index contributed by atoms with van der Waals surface area (Å²) in [4.78, 5) is 0. The molecule has 114 valence electrons. The van der Waals surface area contributed by atoms with Gasteiger partial charge in [-0.05, 0) is 31.7 Å². The first-order chi connectivity index (χ1) is 10.3. The molecule has 2 rings (SSSR count). The van der Waals surface area contributed by atoms with Crippen LogP contribution in [0.25, 0.3) is 0 Å². The Morgan fingerprint density at radius 1 is 1.19 bits per heavy atom. The van der Waals surface area contributed by atoms with Crippen molar-refractivity contribution in [3.63, 3.8) is 0 Å². The fraction of sp³-hybridized carbons (Fsp3) is 0.429. The molecular formula is C14H20N4O3. The SMILES string of the molecule is CCOc1cc(CNc2nnc(CNC)o2)ccc1OC. The fourth-order valence-corrected chi connectivity index (χ4v) is 1.82. The van der Waals surface area contributed by atoms with E-state index in [-0.39, 0.29) is 0 Å². The first-order valence-corrected chi connectivity index (χ1v) is 6.77. The summed E-state index contributed by atoms with van der Waals surface area (Å²) in [6, 6.07) is 6.16. The normalized spacial score (nSPS) is 10.4. The average molecular weight is 292 g/mol. The van der Waals surface area contributed by atoms with Gasteiger partial charge in [0, 0.05) is 6.54 Å². The van der Waals surface area contributed by atoms with Crippen molar-refractivity contribution in [2.45, 2.75) is 20.0 Å². The highest BCUT2D eigenvalue weighted by Gasteiger charge is 2.07. The van der Waals surface area contributed by atoms with Crippen LogP contribution in [0.4, 0.5) is 6.01 Å². The molecule has 0 aliphatic carbocycles. The maximum Gasteiger partial charge on any atom is 0.315 e. The number of rotatable bonds is 8. The van der Waals surface area contributed by atoms with Gasteiger partial charge in [-0.15, -0.1) is 5.10 Å². The molecule has 0 radical (unpaired) electrons. The van der Waals surface area contributed by atoms with E-state index in [0.717, 1.165) is 17.1 Å². The van der Waals surface area contributed by atoms with Crippen LogP contribution in [-0.4, -0.2) is 31.0 Å². The third-order valence-corrected chi connectivity index (χ3v) is 2.77. The van der Waals surface area contributed by atoms with Crippen molar-refractivity contribution in [1.29, 1.82) is 0 Å². The van der Waals surface area contributed by atoms with Crippen LogP contribution >= 0.6 is 0 Å². The Morgan fingerprint density at radius 3 is 2.76 bits per heavy atom. The van der Waals surface area contributed by atoms with Gasteiger partial charge in [-0.1, -0.05) is 11.2 Å². The number of ether oxygens (including phenoxy) is 2. The number of hydrogen-bond acceptors (Lipinski definition) is 7. The quantitative estimate of drug-likeness (QED) is 0.767. The second kappa shape index (κ2) is 7.49. The molecule has 0 spiro atoms. The zero-order valence-corrected chi connectivity index (χ0v) is 12.5. The molecule has 2 aromatic rings. The minimum atomic E-state index is 0.397. The van der Waals surface area contributed by atoms with Crippen LogP contribution in [0.15, 0.2) is 22.6 Å². The number of nitrogens with one attached hydrogen (secondary N) is 2. The van der Waals surface area contributed by atoms with Crippen molar-refractivity contribution in [3.8, 4) is 11.5 Å². The van der Waals surface area contributed by atoms with E-state index in [1.807, 2.05) is 32.2 Å². The molecule has 7 nitrogen and oxygen atoms in total. The van der Waals surface area contributed by atoms with Gasteiger partial charge in [0.15, 0.2) is 11.5 Å². The number of nitrogens with zero attached hydrogens (tertiary/aromatic N) is 2. The van der Waals surface area contributed by atoms with E-state index in [9.17, 15) is 0 Å². The third-order valence-electron chi connectivity index (χ3n) is 2.77. The van der Waals surface area contributed by atoms with Gasteiger partial charge in [0.1, 0.15) is 0 Å². The highest BCUT2D eigenvalue weighted by Crippen LogP contribution is 2.28. The Hall–Kier alpha value is -2.28. The van der Waals surface area contributed by atoms with Gasteiger partial charge >= 0.3 is 6.01 Å². The summed E-state index contributed by atoms with van der Waals surface area (Å²) in [5.41, 5.74) is 1.03. The van der Waals surface area contributed by atoms with Crippen molar-refractivity contribution in [2.24, 2.45) is 0 Å². The van der Waals surface area contributed by atoms with E-state index in [0.29, 0.717) is 31.6 Å². The predicted molar refractivity (Wildman–Crippen MR) is 78.6 cm³/mol. The van der Waals surface area contributed by atoms with Gasteiger partial charge in [0.05, 0.1) is 20.3 Å². The average Bonchev–Trinajstić information content (AvgIpc) is 2.94. The lowest BCUT2D eigenvalue weighted by Gasteiger charge is -2.11. The molecule has 1 aromatic heterocycles. The molecule has 0 aliphatic heterocycles. The summed E-state index contributed by atoms with van der Waals surface area (Å²) >= 11 is 0. The van der Waals surface area contributed by atoms with Gasteiger partial charge in [-0.2, -0.15) is 0 Å². The van der Waals surface area contributed by atoms with Crippen molar-refractivity contribution in [2.75, 3.05) is 26.1 Å². The van der Waals surface area contributed by atoms with Crippen molar-refractivity contribution in [1.82, 2.24) is 15.5 Å². The molecule has 1 aromatic carbocycles. The minimum Gasteiger partial charge on any atom is -0.493 e. The molecule has 0 atom stereocenters. The minimum absolute atomic E-state index is 0.397. The van der Waals surface area contributed by atoms with Crippen LogP contribution in [0.3, 0.4) is 0 Å². The summed E-state index contributed by atoms with van der Waals surface area (Å²) < 4.78 is 16.2. The highest BCUT2D eigenvalue weighted by atomic mass is 16.5. The topological polar surface area (TPSA) is 81.4 Å². The Bertz CT molecular complexity index is 571. The second-order valence-electron chi connectivity index (χ2n) is 4.30. The van der Waals surface area contributed by atoms with E-state index < -0.39 is 0 Å². The largest absolute Gasteiger partial charge is 0.493 e. The molecule has 0 saturated carbocycles. The zero-order valence-electron chi connectivity index (χ0n) is 12.5. The van der Waals surface area contributed by atoms with Crippen LogP contribution in [-0.2, 0) is 13.1 Å². The Kier molecular flexibility index (Phi) is 5.39. The Balaban J connectivity index is 2.00. The van der Waals surface area contributed by atoms with Crippen LogP contribution in [0, 0.1) is 0 Å². The number of methoxy groups -OCH3 is 1. The fourth-order valence-electron chi connectivity index (χ4n) is 1.82. The van der Waals surface area contributed by atoms with Crippen LogP contribution < -0.4 is 20.1 Å².